The molecule has 0 aliphatic heterocycles. The van der Waals surface area contributed by atoms with Gasteiger partial charge in [-0.05, 0) is 6.92 Å². The molecule has 0 atom stereocenters. The number of aromatic hydroxyl groups is 1. The van der Waals surface area contributed by atoms with Crippen LogP contribution in [0.5, 0.6) is 5.75 Å². The Balaban J connectivity index is 3.03. The first-order chi connectivity index (χ1) is 7.43. The molecule has 2 aromatic rings. The lowest BCUT2D eigenvalue weighted by molar-refractivity contribution is 0.0687. The molecule has 0 saturated carbocycles. The summed E-state index contributed by atoms with van der Waals surface area (Å²) in [6, 6.07) is 0. The van der Waals surface area contributed by atoms with E-state index in [4.69, 9.17) is 5.11 Å². The van der Waals surface area contributed by atoms with Crippen molar-refractivity contribution in [2.24, 2.45) is 7.05 Å². The van der Waals surface area contributed by atoms with Gasteiger partial charge < -0.3 is 14.8 Å². The van der Waals surface area contributed by atoms with E-state index >= 15 is 0 Å². The molecule has 0 aliphatic rings. The van der Waals surface area contributed by atoms with E-state index in [0.29, 0.717) is 5.69 Å². The Hall–Kier alpha value is -2.31. The van der Waals surface area contributed by atoms with Crippen LogP contribution >= 0.6 is 0 Å². The fraction of sp³-hybridized carbons (Fsp3) is 0.222. The highest BCUT2D eigenvalue weighted by molar-refractivity contribution is 5.91. The fourth-order valence-electron chi connectivity index (χ4n) is 1.56. The fourth-order valence-corrected chi connectivity index (χ4v) is 1.56. The van der Waals surface area contributed by atoms with Crippen molar-refractivity contribution in [1.29, 1.82) is 0 Å². The standard InChI is InChI=1S/C9H9N3O4/c1-4-3-11(2)8(14)6-7(13)5(9(15)16)10-12(4)6/h3,13H,1-2H3,(H,15,16). The van der Waals surface area contributed by atoms with Crippen LogP contribution in [-0.4, -0.2) is 30.4 Å². The number of carboxylic acids is 1. The summed E-state index contributed by atoms with van der Waals surface area (Å²) in [5, 5.41) is 22.1. The highest BCUT2D eigenvalue weighted by Crippen LogP contribution is 2.20. The van der Waals surface area contributed by atoms with Gasteiger partial charge >= 0.3 is 5.97 Å². The van der Waals surface area contributed by atoms with Gasteiger partial charge in [-0.1, -0.05) is 0 Å². The van der Waals surface area contributed by atoms with Crippen molar-refractivity contribution in [2.75, 3.05) is 0 Å². The van der Waals surface area contributed by atoms with Gasteiger partial charge in [-0.15, -0.1) is 0 Å². The summed E-state index contributed by atoms with van der Waals surface area (Å²) in [5.41, 5.74) is -0.589. The topological polar surface area (TPSA) is 96.8 Å². The predicted octanol–water partition coefficient (Wildman–Crippen LogP) is -0.255. The quantitative estimate of drug-likeness (QED) is 0.694. The molecule has 2 aromatic heterocycles. The van der Waals surface area contributed by atoms with Gasteiger partial charge in [-0.2, -0.15) is 5.10 Å². The van der Waals surface area contributed by atoms with Gasteiger partial charge in [0, 0.05) is 13.2 Å². The first kappa shape index (κ1) is 10.2. The summed E-state index contributed by atoms with van der Waals surface area (Å²) in [4.78, 5) is 22.4. The van der Waals surface area contributed by atoms with Crippen LogP contribution in [0.25, 0.3) is 5.52 Å². The second-order valence-corrected chi connectivity index (χ2v) is 3.45. The third-order valence-corrected chi connectivity index (χ3v) is 2.30. The molecule has 0 unspecified atom stereocenters. The zero-order valence-electron chi connectivity index (χ0n) is 8.63. The lowest BCUT2D eigenvalue weighted by atomic mass is 10.3. The Morgan fingerprint density at radius 1 is 1.50 bits per heavy atom. The molecule has 0 amide bonds. The number of rotatable bonds is 1. The molecule has 7 nitrogen and oxygen atoms in total. The number of aromatic carboxylic acids is 1. The van der Waals surface area contributed by atoms with Crippen molar-refractivity contribution >= 4 is 11.5 Å². The molecule has 0 spiro atoms. The van der Waals surface area contributed by atoms with Gasteiger partial charge in [0.05, 0.1) is 5.69 Å². The Morgan fingerprint density at radius 3 is 2.69 bits per heavy atom. The Morgan fingerprint density at radius 2 is 2.12 bits per heavy atom. The van der Waals surface area contributed by atoms with Crippen LogP contribution in [-0.2, 0) is 7.05 Å². The van der Waals surface area contributed by atoms with E-state index in [1.54, 1.807) is 6.92 Å². The van der Waals surface area contributed by atoms with E-state index in [0.717, 1.165) is 4.52 Å². The number of carbonyl (C=O) groups is 1. The monoisotopic (exact) mass is 223 g/mol. The van der Waals surface area contributed by atoms with Crippen LogP contribution < -0.4 is 5.56 Å². The first-order valence-electron chi connectivity index (χ1n) is 4.44. The molecule has 0 aromatic carbocycles. The summed E-state index contributed by atoms with van der Waals surface area (Å²) in [6.45, 7) is 1.66. The van der Waals surface area contributed by atoms with Gasteiger partial charge in [-0.25, -0.2) is 9.31 Å². The van der Waals surface area contributed by atoms with Gasteiger partial charge in [0.2, 0.25) is 5.69 Å². The van der Waals surface area contributed by atoms with E-state index in [1.165, 1.54) is 17.8 Å². The highest BCUT2D eigenvalue weighted by atomic mass is 16.4. The predicted molar refractivity (Wildman–Crippen MR) is 53.8 cm³/mol. The normalized spacial score (nSPS) is 10.9. The van der Waals surface area contributed by atoms with Crippen LogP contribution in [0.3, 0.4) is 0 Å². The largest absolute Gasteiger partial charge is 0.503 e. The van der Waals surface area contributed by atoms with E-state index in [9.17, 15) is 14.7 Å². The zero-order chi connectivity index (χ0) is 12.0. The van der Waals surface area contributed by atoms with Gasteiger partial charge in [0.1, 0.15) is 0 Å². The number of hydrogen-bond donors (Lipinski definition) is 2. The summed E-state index contributed by atoms with van der Waals surface area (Å²) < 4.78 is 2.39. The summed E-state index contributed by atoms with van der Waals surface area (Å²) in [7, 11) is 1.52. The Bertz CT molecular complexity index is 653. The third kappa shape index (κ3) is 1.18. The molecule has 2 heterocycles. The smallest absolute Gasteiger partial charge is 0.360 e. The molecule has 0 radical (unpaired) electrons. The minimum Gasteiger partial charge on any atom is -0.503 e. The molecular formula is C9H9N3O4. The van der Waals surface area contributed by atoms with Crippen LogP contribution in [0.4, 0.5) is 0 Å². The lowest BCUT2D eigenvalue weighted by Crippen LogP contribution is -2.19. The number of fused-ring (bicyclic) bond motifs is 1. The average molecular weight is 223 g/mol. The molecule has 0 bridgehead atoms. The van der Waals surface area contributed by atoms with Crippen LogP contribution in [0.2, 0.25) is 0 Å². The SMILES string of the molecule is Cc1cn(C)c(=O)c2c(O)c(C(=O)O)nn12. The van der Waals surface area contributed by atoms with E-state index in [1.807, 2.05) is 0 Å². The average Bonchev–Trinajstić information content (AvgIpc) is 2.53. The molecule has 2 rings (SSSR count). The van der Waals surface area contributed by atoms with Crippen LogP contribution in [0.1, 0.15) is 16.2 Å². The molecular weight excluding hydrogens is 214 g/mol. The van der Waals surface area contributed by atoms with Crippen molar-refractivity contribution in [1.82, 2.24) is 14.2 Å². The number of carboxylic acid groups (broad SMARTS) is 1. The second-order valence-electron chi connectivity index (χ2n) is 3.45. The lowest BCUT2D eigenvalue weighted by Gasteiger charge is -2.01. The summed E-state index contributed by atoms with van der Waals surface area (Å²) in [6.07, 6.45) is 1.51. The first-order valence-corrected chi connectivity index (χ1v) is 4.44. The van der Waals surface area contributed by atoms with Gasteiger partial charge in [0.15, 0.2) is 11.3 Å². The number of aryl methyl sites for hydroxylation is 2. The minimum absolute atomic E-state index is 0.125. The van der Waals surface area contributed by atoms with Gasteiger partial charge in [0.25, 0.3) is 5.56 Å². The molecule has 0 aliphatic carbocycles. The maximum Gasteiger partial charge on any atom is 0.360 e. The maximum atomic E-state index is 11.7. The minimum atomic E-state index is -1.37. The molecule has 2 N–H and O–H groups in total. The van der Waals surface area contributed by atoms with E-state index in [-0.39, 0.29) is 5.52 Å². The van der Waals surface area contributed by atoms with Crippen molar-refractivity contribution in [3.05, 3.63) is 27.9 Å². The Labute approximate surface area is 89.2 Å². The molecule has 7 heteroatoms. The van der Waals surface area contributed by atoms with E-state index in [2.05, 4.69) is 5.10 Å². The summed E-state index contributed by atoms with van der Waals surface area (Å²) >= 11 is 0. The Kier molecular flexibility index (Phi) is 1.97. The second kappa shape index (κ2) is 3.09. The van der Waals surface area contributed by atoms with Crippen molar-refractivity contribution in [2.45, 2.75) is 6.92 Å². The number of nitrogens with zero attached hydrogens (tertiary/aromatic N) is 3. The molecule has 16 heavy (non-hydrogen) atoms. The molecule has 0 saturated heterocycles. The third-order valence-electron chi connectivity index (χ3n) is 2.30. The van der Waals surface area contributed by atoms with E-state index < -0.39 is 23.0 Å². The van der Waals surface area contributed by atoms with Crippen LogP contribution in [0.15, 0.2) is 11.0 Å². The summed E-state index contributed by atoms with van der Waals surface area (Å²) in [5.74, 6) is -1.97. The van der Waals surface area contributed by atoms with Crippen LogP contribution in [0, 0.1) is 6.92 Å². The van der Waals surface area contributed by atoms with Crippen molar-refractivity contribution < 1.29 is 15.0 Å². The zero-order valence-corrected chi connectivity index (χ0v) is 8.63. The molecule has 0 fully saturated rings. The van der Waals surface area contributed by atoms with Crippen molar-refractivity contribution in [3.8, 4) is 5.75 Å². The van der Waals surface area contributed by atoms with Crippen molar-refractivity contribution in [3.63, 3.8) is 0 Å². The maximum absolute atomic E-state index is 11.7. The number of hydrogen-bond acceptors (Lipinski definition) is 4. The molecule has 84 valence electrons. The highest BCUT2D eigenvalue weighted by Gasteiger charge is 2.21. The number of aromatic nitrogens is 3. The van der Waals surface area contributed by atoms with Gasteiger partial charge in [-0.3, -0.25) is 4.79 Å².